The molecule has 0 unspecified atom stereocenters. The van der Waals surface area contributed by atoms with Gasteiger partial charge < -0.3 is 0 Å². The molecule has 0 saturated carbocycles. The van der Waals surface area contributed by atoms with E-state index < -0.39 is 0 Å². The molecule has 0 amide bonds. The van der Waals surface area contributed by atoms with E-state index in [1.165, 1.54) is 0 Å². The second kappa shape index (κ2) is 21.7. The van der Waals surface area contributed by atoms with Crippen molar-refractivity contribution in [2.45, 2.75) is 0 Å². The monoisotopic (exact) mass is 280 g/mol. The van der Waals surface area contributed by atoms with Crippen LogP contribution in [0.4, 0.5) is 0 Å². The first-order valence-electron chi connectivity index (χ1n) is 0.577. The first kappa shape index (κ1) is 9.23. The summed E-state index contributed by atoms with van der Waals surface area (Å²) in [5.41, 5.74) is 0. The van der Waals surface area contributed by atoms with Gasteiger partial charge in [0.15, 0.2) is 0 Å². The molecule has 0 atom stereocenters. The van der Waals surface area contributed by atoms with Gasteiger partial charge in [0.2, 0.25) is 0 Å². The molecule has 0 bridgehead atoms. The predicted molar refractivity (Wildman–Crippen MR) is 22.6 cm³/mol. The second-order valence-electron chi connectivity index (χ2n) is 0. The normalized spacial score (nSPS) is 1.50. The summed E-state index contributed by atoms with van der Waals surface area (Å²) < 4.78 is 8.42. The zero-order chi connectivity index (χ0) is 4.00. The maximum atomic E-state index is 8.42. The van der Waals surface area contributed by atoms with Gasteiger partial charge >= 0.3 is 58.5 Å². The summed E-state index contributed by atoms with van der Waals surface area (Å²) in [5, 5.41) is 0. The van der Waals surface area contributed by atoms with Crippen molar-refractivity contribution in [3.8, 4) is 0 Å². The van der Waals surface area contributed by atoms with Gasteiger partial charge in [-0.05, 0) is 0 Å². The zero-order valence-electron chi connectivity index (χ0n) is 2.23. The van der Waals surface area contributed by atoms with Crippen LogP contribution in [-0.4, -0.2) is 46.7 Å². The second-order valence-corrected chi connectivity index (χ2v) is 0. The van der Waals surface area contributed by atoms with Crippen molar-refractivity contribution in [1.29, 1.82) is 0 Å². The summed E-state index contributed by atoms with van der Waals surface area (Å²) in [6.07, 6.45) is 0. The Balaban J connectivity index is 0. The molecule has 0 N–H and O–H groups in total. The molecule has 0 aromatic heterocycles. The third-order valence-corrected chi connectivity index (χ3v) is 0. The molecule has 4 heavy (non-hydrogen) atoms. The molecule has 4 heteroatoms. The van der Waals surface area contributed by atoms with Crippen LogP contribution in [0, 0.1) is 0 Å². The standard InChI is InChI=1S/2In.O.S.2H. The van der Waals surface area contributed by atoms with Crippen LogP contribution in [0.3, 0.4) is 0 Å². The Labute approximate surface area is 57.7 Å². The van der Waals surface area contributed by atoms with Crippen molar-refractivity contribution in [3.05, 3.63) is 0 Å². The van der Waals surface area contributed by atoms with Gasteiger partial charge in [0.25, 0.3) is 0 Å². The first-order chi connectivity index (χ1) is 2.00. The number of rotatable bonds is 0. The summed E-state index contributed by atoms with van der Waals surface area (Å²) in [7, 11) is 4.25. The quantitative estimate of drug-likeness (QED) is 0.579. The average Bonchev–Trinajstić information content (AvgIpc) is 1.50. The van der Waals surface area contributed by atoms with Crippen molar-refractivity contribution >= 4 is 55.7 Å². The van der Waals surface area contributed by atoms with Crippen LogP contribution in [0.5, 0.6) is 0 Å². The van der Waals surface area contributed by atoms with Crippen molar-refractivity contribution in [3.63, 3.8) is 0 Å². The Hall–Kier alpha value is 1.76. The maximum absolute atomic E-state index is 8.42. The molecule has 0 aliphatic heterocycles. The van der Waals surface area contributed by atoms with Crippen LogP contribution >= 0.6 is 8.92 Å². The SMILES string of the molecule is [O]=[InH].[S]=[InH]. The van der Waals surface area contributed by atoms with Crippen molar-refractivity contribution in [2.75, 3.05) is 0 Å². The van der Waals surface area contributed by atoms with Crippen LogP contribution in [0.2, 0.25) is 0 Å². The van der Waals surface area contributed by atoms with Crippen molar-refractivity contribution < 1.29 is 2.85 Å². The minimum absolute atomic E-state index is 0.1000. The molecular weight excluding hydrogens is 278 g/mol. The van der Waals surface area contributed by atoms with E-state index in [0.717, 1.165) is 22.4 Å². The van der Waals surface area contributed by atoms with Crippen LogP contribution < -0.4 is 0 Å². The van der Waals surface area contributed by atoms with Crippen LogP contribution in [0.1, 0.15) is 0 Å². The van der Waals surface area contributed by atoms with E-state index in [1.807, 2.05) is 0 Å². The molecule has 0 radical (unpaired) electrons. The van der Waals surface area contributed by atoms with Gasteiger partial charge in [0.1, 0.15) is 0 Å². The Kier molecular flexibility index (Phi) is 50.1. The fourth-order valence-corrected chi connectivity index (χ4v) is 0. The molecule has 0 heterocycles. The summed E-state index contributed by atoms with van der Waals surface area (Å²) in [4.78, 5) is 0. The molecule has 0 aliphatic rings. The van der Waals surface area contributed by atoms with Crippen LogP contribution in [0.15, 0.2) is 0 Å². The van der Waals surface area contributed by atoms with E-state index in [2.05, 4.69) is 8.92 Å². The van der Waals surface area contributed by atoms with Gasteiger partial charge in [-0.1, -0.05) is 0 Å². The Morgan fingerprint density at radius 2 is 1.25 bits per heavy atom. The fraction of sp³-hybridized carbons (Fsp3) is 0. The van der Waals surface area contributed by atoms with Gasteiger partial charge in [-0.2, -0.15) is 0 Å². The average molecular weight is 280 g/mol. The molecule has 1 nitrogen and oxygen atoms in total. The van der Waals surface area contributed by atoms with E-state index in [4.69, 9.17) is 2.85 Å². The topological polar surface area (TPSA) is 17.1 Å². The van der Waals surface area contributed by atoms with E-state index in [9.17, 15) is 0 Å². The van der Waals surface area contributed by atoms with Gasteiger partial charge in [-0.15, -0.1) is 0 Å². The van der Waals surface area contributed by atoms with Gasteiger partial charge in [0.05, 0.1) is 0 Å². The molecule has 0 aromatic rings. The van der Waals surface area contributed by atoms with Gasteiger partial charge in [-0.25, -0.2) is 0 Å². The van der Waals surface area contributed by atoms with E-state index >= 15 is 0 Å². The summed E-state index contributed by atoms with van der Waals surface area (Å²) >= 11 is 0.633. The van der Waals surface area contributed by atoms with E-state index in [-0.39, 0.29) is 24.4 Å². The van der Waals surface area contributed by atoms with Gasteiger partial charge in [-0.3, -0.25) is 0 Å². The van der Waals surface area contributed by atoms with E-state index in [1.54, 1.807) is 0 Å². The van der Waals surface area contributed by atoms with Crippen LogP contribution in [0.25, 0.3) is 0 Å². The number of hydrogen-bond acceptors (Lipinski definition) is 2. The minimum atomic E-state index is -0.1000. The Morgan fingerprint density at radius 1 is 1.25 bits per heavy atom. The molecule has 0 saturated heterocycles. The van der Waals surface area contributed by atoms with Gasteiger partial charge in [0, 0.05) is 0 Å². The third kappa shape index (κ3) is 9.25. The Bertz CT molecular complexity index is 8.00. The zero-order valence-corrected chi connectivity index (χ0v) is 11.1. The number of hydrogen-bond donors (Lipinski definition) is 0. The van der Waals surface area contributed by atoms with Crippen molar-refractivity contribution in [2.24, 2.45) is 0 Å². The van der Waals surface area contributed by atoms with E-state index in [0.29, 0.717) is 0 Å². The Morgan fingerprint density at radius 3 is 1.25 bits per heavy atom. The summed E-state index contributed by atoms with van der Waals surface area (Å²) in [6, 6.07) is 0. The molecule has 0 fully saturated rings. The fourth-order valence-electron chi connectivity index (χ4n) is 0. The molecule has 20 valence electrons. The molecule has 0 spiro atoms. The molecular formula is H2In2OS. The third-order valence-electron chi connectivity index (χ3n) is 0. The molecule has 0 rings (SSSR count). The summed E-state index contributed by atoms with van der Waals surface area (Å²) in [6.45, 7) is 0. The predicted octanol–water partition coefficient (Wildman–Crippen LogP) is -0.768. The first-order valence-corrected chi connectivity index (χ1v) is 7.75. The molecule has 0 aromatic carbocycles. The van der Waals surface area contributed by atoms with Crippen molar-refractivity contribution in [1.82, 2.24) is 0 Å². The summed E-state index contributed by atoms with van der Waals surface area (Å²) in [5.74, 6) is 0. The molecule has 0 aliphatic carbocycles. The van der Waals surface area contributed by atoms with Crippen LogP contribution in [-0.2, 0) is 2.85 Å².